The summed E-state index contributed by atoms with van der Waals surface area (Å²) in [5.74, 6) is -0.942. The van der Waals surface area contributed by atoms with Crippen molar-refractivity contribution in [3.63, 3.8) is 0 Å². The Morgan fingerprint density at radius 1 is 1.26 bits per heavy atom. The molecular formula is C13H16F3NO2. The lowest BCUT2D eigenvalue weighted by atomic mass is 9.87. The third-order valence-corrected chi connectivity index (χ3v) is 3.79. The van der Waals surface area contributed by atoms with Crippen LogP contribution >= 0.6 is 0 Å². The van der Waals surface area contributed by atoms with E-state index >= 15 is 0 Å². The molecule has 1 saturated carbocycles. The molecule has 6 heteroatoms. The monoisotopic (exact) mass is 275 g/mol. The van der Waals surface area contributed by atoms with Crippen molar-refractivity contribution in [1.29, 1.82) is 0 Å². The van der Waals surface area contributed by atoms with Gasteiger partial charge in [0.25, 0.3) is 0 Å². The minimum atomic E-state index is -4.62. The molecular weight excluding hydrogens is 259 g/mol. The standard InChI is InChI=1S/C13H16F3NO2/c1-8-2-4-9(5-3-8)17-6-10(12(18)19)11(7-17)13(14,15)16/h6-9H,2-5H2,1H3,(H,18,19). The average molecular weight is 275 g/mol. The molecule has 106 valence electrons. The molecule has 0 aromatic carbocycles. The van der Waals surface area contributed by atoms with E-state index < -0.39 is 23.3 Å². The minimum Gasteiger partial charge on any atom is -0.478 e. The maximum atomic E-state index is 12.8. The maximum Gasteiger partial charge on any atom is 0.418 e. The van der Waals surface area contributed by atoms with Crippen LogP contribution in [-0.4, -0.2) is 15.6 Å². The number of carboxylic acids is 1. The molecule has 0 saturated heterocycles. The molecule has 0 spiro atoms. The van der Waals surface area contributed by atoms with Gasteiger partial charge in [0.05, 0.1) is 11.1 Å². The van der Waals surface area contributed by atoms with Crippen molar-refractivity contribution >= 4 is 5.97 Å². The number of alkyl halides is 3. The fraction of sp³-hybridized carbons (Fsp3) is 0.615. The van der Waals surface area contributed by atoms with Crippen molar-refractivity contribution in [2.75, 3.05) is 0 Å². The first-order chi connectivity index (χ1) is 8.79. The summed E-state index contributed by atoms with van der Waals surface area (Å²) in [6.07, 6.45) is 0.953. The Balaban J connectivity index is 2.30. The molecule has 0 unspecified atom stereocenters. The summed E-state index contributed by atoms with van der Waals surface area (Å²) in [7, 11) is 0. The van der Waals surface area contributed by atoms with Crippen molar-refractivity contribution in [1.82, 2.24) is 4.57 Å². The molecule has 1 N–H and O–H groups in total. The van der Waals surface area contributed by atoms with Crippen LogP contribution in [-0.2, 0) is 6.18 Å². The smallest absolute Gasteiger partial charge is 0.418 e. The summed E-state index contributed by atoms with van der Waals surface area (Å²) >= 11 is 0. The number of aromatic carboxylic acids is 1. The first kappa shape index (κ1) is 14.0. The molecule has 0 radical (unpaired) electrons. The molecule has 2 rings (SSSR count). The lowest BCUT2D eigenvalue weighted by Gasteiger charge is -2.27. The molecule has 3 nitrogen and oxygen atoms in total. The van der Waals surface area contributed by atoms with Crippen LogP contribution < -0.4 is 0 Å². The summed E-state index contributed by atoms with van der Waals surface area (Å²) in [5.41, 5.74) is -1.72. The van der Waals surface area contributed by atoms with E-state index in [1.807, 2.05) is 0 Å². The van der Waals surface area contributed by atoms with Crippen LogP contribution in [0.2, 0.25) is 0 Å². The van der Waals surface area contributed by atoms with E-state index in [9.17, 15) is 18.0 Å². The van der Waals surface area contributed by atoms with E-state index in [0.717, 1.165) is 38.1 Å². The van der Waals surface area contributed by atoms with Crippen LogP contribution in [0.4, 0.5) is 13.2 Å². The number of hydrogen-bond acceptors (Lipinski definition) is 1. The Morgan fingerprint density at radius 3 is 2.26 bits per heavy atom. The van der Waals surface area contributed by atoms with Gasteiger partial charge in [0, 0.05) is 18.4 Å². The zero-order valence-electron chi connectivity index (χ0n) is 10.6. The maximum absolute atomic E-state index is 12.8. The van der Waals surface area contributed by atoms with Gasteiger partial charge >= 0.3 is 12.1 Å². The average Bonchev–Trinajstić information content (AvgIpc) is 2.74. The first-order valence-electron chi connectivity index (χ1n) is 6.31. The van der Waals surface area contributed by atoms with Gasteiger partial charge in [0.2, 0.25) is 0 Å². The zero-order chi connectivity index (χ0) is 14.2. The Labute approximate surface area is 109 Å². The van der Waals surface area contributed by atoms with Crippen LogP contribution in [0.15, 0.2) is 12.4 Å². The number of hydrogen-bond donors (Lipinski definition) is 1. The van der Waals surface area contributed by atoms with E-state index in [-0.39, 0.29) is 6.04 Å². The summed E-state index contributed by atoms with van der Waals surface area (Å²) in [6.45, 7) is 2.12. The van der Waals surface area contributed by atoms with E-state index in [1.54, 1.807) is 0 Å². The Hall–Kier alpha value is -1.46. The van der Waals surface area contributed by atoms with Crippen molar-refractivity contribution in [3.05, 3.63) is 23.5 Å². The molecule has 1 heterocycles. The Morgan fingerprint density at radius 2 is 1.84 bits per heavy atom. The van der Waals surface area contributed by atoms with Gasteiger partial charge in [-0.05, 0) is 31.6 Å². The fourth-order valence-electron chi connectivity index (χ4n) is 2.62. The zero-order valence-corrected chi connectivity index (χ0v) is 10.6. The van der Waals surface area contributed by atoms with Gasteiger partial charge in [-0.15, -0.1) is 0 Å². The number of halogens is 3. The second kappa shape index (κ2) is 4.90. The van der Waals surface area contributed by atoms with E-state index in [2.05, 4.69) is 6.92 Å². The van der Waals surface area contributed by atoms with E-state index in [1.165, 1.54) is 4.57 Å². The van der Waals surface area contributed by atoms with Gasteiger partial charge < -0.3 is 9.67 Å². The SMILES string of the molecule is CC1CCC(n2cc(C(=O)O)c(C(F)(F)F)c2)CC1. The molecule has 0 aliphatic heterocycles. The highest BCUT2D eigenvalue weighted by Crippen LogP contribution is 2.37. The first-order valence-corrected chi connectivity index (χ1v) is 6.31. The van der Waals surface area contributed by atoms with Gasteiger partial charge in [0.1, 0.15) is 0 Å². The lowest BCUT2D eigenvalue weighted by molar-refractivity contribution is -0.138. The number of carbonyl (C=O) groups is 1. The molecule has 0 atom stereocenters. The van der Waals surface area contributed by atoms with Crippen LogP contribution in [0, 0.1) is 5.92 Å². The molecule has 1 aromatic rings. The third kappa shape index (κ3) is 2.93. The third-order valence-electron chi connectivity index (χ3n) is 3.79. The molecule has 1 aliphatic rings. The van der Waals surface area contributed by atoms with Crippen LogP contribution in [0.25, 0.3) is 0 Å². The summed E-state index contributed by atoms with van der Waals surface area (Å²) < 4.78 is 39.8. The van der Waals surface area contributed by atoms with Crippen LogP contribution in [0.3, 0.4) is 0 Å². The predicted molar refractivity (Wildman–Crippen MR) is 63.1 cm³/mol. The predicted octanol–water partition coefficient (Wildman–Crippen LogP) is 3.96. The van der Waals surface area contributed by atoms with Gasteiger partial charge in [0.15, 0.2) is 0 Å². The van der Waals surface area contributed by atoms with Crippen molar-refractivity contribution in [2.24, 2.45) is 5.92 Å². The fourth-order valence-corrected chi connectivity index (χ4v) is 2.62. The number of nitrogens with zero attached hydrogens (tertiary/aromatic N) is 1. The second-order valence-electron chi connectivity index (χ2n) is 5.25. The Kier molecular flexibility index (Phi) is 3.60. The summed E-state index contributed by atoms with van der Waals surface area (Å²) in [4.78, 5) is 10.9. The molecule has 1 aromatic heterocycles. The highest BCUT2D eigenvalue weighted by Gasteiger charge is 2.37. The van der Waals surface area contributed by atoms with Crippen molar-refractivity contribution in [3.8, 4) is 0 Å². The van der Waals surface area contributed by atoms with Gasteiger partial charge in [-0.25, -0.2) is 4.79 Å². The van der Waals surface area contributed by atoms with E-state index in [0.29, 0.717) is 5.92 Å². The lowest BCUT2D eigenvalue weighted by Crippen LogP contribution is -2.15. The summed E-state index contributed by atoms with van der Waals surface area (Å²) in [5, 5.41) is 8.87. The second-order valence-corrected chi connectivity index (χ2v) is 5.25. The minimum absolute atomic E-state index is 0.0228. The largest absolute Gasteiger partial charge is 0.478 e. The number of rotatable bonds is 2. The highest BCUT2D eigenvalue weighted by molar-refractivity contribution is 5.89. The number of carboxylic acid groups (broad SMARTS) is 1. The topological polar surface area (TPSA) is 42.2 Å². The van der Waals surface area contributed by atoms with Gasteiger partial charge in [-0.2, -0.15) is 13.2 Å². The van der Waals surface area contributed by atoms with Crippen molar-refractivity contribution < 1.29 is 23.1 Å². The number of aromatic nitrogens is 1. The molecule has 19 heavy (non-hydrogen) atoms. The Bertz CT molecular complexity index is 471. The molecule has 1 fully saturated rings. The quantitative estimate of drug-likeness (QED) is 0.887. The summed E-state index contributed by atoms with van der Waals surface area (Å²) in [6, 6.07) is -0.0228. The van der Waals surface area contributed by atoms with E-state index in [4.69, 9.17) is 5.11 Å². The molecule has 0 amide bonds. The molecule has 0 bridgehead atoms. The highest BCUT2D eigenvalue weighted by atomic mass is 19.4. The van der Waals surface area contributed by atoms with Crippen LogP contribution in [0.5, 0.6) is 0 Å². The van der Waals surface area contributed by atoms with Gasteiger partial charge in [-0.1, -0.05) is 6.92 Å². The van der Waals surface area contributed by atoms with Crippen molar-refractivity contribution in [2.45, 2.75) is 44.8 Å². The normalized spacial score (nSPS) is 24.4. The van der Waals surface area contributed by atoms with Gasteiger partial charge in [-0.3, -0.25) is 0 Å². The van der Waals surface area contributed by atoms with Crippen LogP contribution in [0.1, 0.15) is 54.6 Å². The molecule has 1 aliphatic carbocycles.